The number of hydrogen-bond donors (Lipinski definition) is 0. The highest BCUT2D eigenvalue weighted by Crippen LogP contribution is 2.47. The number of piperazine rings is 1. The van der Waals surface area contributed by atoms with Crippen LogP contribution in [-0.4, -0.2) is 90.7 Å². The van der Waals surface area contributed by atoms with Crippen molar-refractivity contribution >= 4 is 29.0 Å². The molecule has 4 heterocycles. The largest absolute Gasteiger partial charge is 0.463 e. The molecule has 1 amide bonds. The molecule has 2 aromatic rings. The fraction of sp³-hybridized carbons (Fsp3) is 0.548. The molecule has 0 N–H and O–H groups in total. The summed E-state index contributed by atoms with van der Waals surface area (Å²) in [6, 6.07) is 4.06. The van der Waals surface area contributed by atoms with Crippen molar-refractivity contribution in [1.82, 2.24) is 19.8 Å². The van der Waals surface area contributed by atoms with Gasteiger partial charge in [0.15, 0.2) is 0 Å². The average molecular weight is 630 g/mol. The number of halogens is 4. The Labute approximate surface area is 260 Å². The van der Waals surface area contributed by atoms with Crippen molar-refractivity contribution in [1.29, 1.82) is 0 Å². The summed E-state index contributed by atoms with van der Waals surface area (Å²) >= 11 is 6.05. The van der Waals surface area contributed by atoms with Crippen LogP contribution in [0.1, 0.15) is 36.1 Å². The van der Waals surface area contributed by atoms with Crippen LogP contribution >= 0.6 is 11.6 Å². The fourth-order valence-electron chi connectivity index (χ4n) is 6.45. The molecule has 1 aromatic heterocycles. The summed E-state index contributed by atoms with van der Waals surface area (Å²) in [5, 5.41) is -0.345. The molecular weight excluding hydrogens is 595 g/mol. The van der Waals surface area contributed by atoms with Crippen molar-refractivity contribution in [2.75, 3.05) is 68.8 Å². The van der Waals surface area contributed by atoms with Crippen molar-refractivity contribution in [3.8, 4) is 6.01 Å². The van der Waals surface area contributed by atoms with Gasteiger partial charge in [-0.1, -0.05) is 24.2 Å². The topological polar surface area (TPSA) is 69.4 Å². The predicted molar refractivity (Wildman–Crippen MR) is 161 cm³/mol. The quantitative estimate of drug-likeness (QED) is 0.294. The molecule has 1 aromatic carbocycles. The van der Waals surface area contributed by atoms with E-state index < -0.39 is 11.7 Å². The summed E-state index contributed by atoms with van der Waals surface area (Å²) < 4.78 is 48.5. The normalized spacial score (nSPS) is 21.2. The van der Waals surface area contributed by atoms with E-state index in [1.165, 1.54) is 30.7 Å². The number of carbonyl (C=O) groups is 1. The number of alkyl halides is 3. The smallest absolute Gasteiger partial charge is 0.419 e. The first-order valence-corrected chi connectivity index (χ1v) is 15.4. The average Bonchev–Trinajstić information content (AvgIpc) is 3.76. The van der Waals surface area contributed by atoms with E-state index in [1.54, 1.807) is 9.80 Å². The minimum atomic E-state index is -4.62. The van der Waals surface area contributed by atoms with E-state index in [-0.39, 0.29) is 47.2 Å². The van der Waals surface area contributed by atoms with Crippen molar-refractivity contribution in [3.63, 3.8) is 0 Å². The molecule has 0 radical (unpaired) electrons. The predicted octanol–water partition coefficient (Wildman–Crippen LogP) is 4.70. The fourth-order valence-corrected chi connectivity index (χ4v) is 6.73. The van der Waals surface area contributed by atoms with Crippen LogP contribution in [0.4, 0.5) is 24.7 Å². The Morgan fingerprint density at radius 3 is 2.64 bits per heavy atom. The van der Waals surface area contributed by atoms with Crippen LogP contribution in [0.2, 0.25) is 5.02 Å². The van der Waals surface area contributed by atoms with Gasteiger partial charge in [-0.2, -0.15) is 23.1 Å². The Morgan fingerprint density at radius 2 is 1.98 bits per heavy atom. The van der Waals surface area contributed by atoms with Gasteiger partial charge in [-0.3, -0.25) is 4.79 Å². The van der Waals surface area contributed by atoms with Crippen LogP contribution < -0.4 is 14.5 Å². The molecule has 4 aliphatic rings. The Bertz CT molecular complexity index is 1470. The number of hydrogen-bond acceptors (Lipinski definition) is 7. The number of nitrogens with zero attached hydrogens (tertiary/aromatic N) is 7. The van der Waals surface area contributed by atoms with Crippen LogP contribution in [0, 0.1) is 12.0 Å². The molecule has 13 heteroatoms. The van der Waals surface area contributed by atoms with Crippen LogP contribution in [-0.2, 0) is 23.9 Å². The molecule has 1 atom stereocenters. The number of likely N-dealkylation sites (tertiary alicyclic amines) is 1. The Morgan fingerprint density at radius 1 is 1.18 bits per heavy atom. The number of benzene rings is 1. The highest BCUT2D eigenvalue weighted by Gasteiger charge is 2.46. The zero-order chi connectivity index (χ0) is 31.1. The highest BCUT2D eigenvalue weighted by atomic mass is 35.5. The van der Waals surface area contributed by atoms with E-state index in [1.807, 2.05) is 0 Å². The lowest BCUT2D eigenvalue weighted by Gasteiger charge is -2.41. The van der Waals surface area contributed by atoms with Gasteiger partial charge in [-0.05, 0) is 57.0 Å². The number of fused-ring (bicyclic) bond motifs is 1. The van der Waals surface area contributed by atoms with Gasteiger partial charge in [-0.15, -0.1) is 0 Å². The first-order valence-electron chi connectivity index (χ1n) is 15.0. The minimum absolute atomic E-state index is 0.0124. The van der Waals surface area contributed by atoms with Crippen molar-refractivity contribution in [2.45, 2.75) is 44.4 Å². The lowest BCUT2D eigenvalue weighted by atomic mass is 10.0. The summed E-state index contributed by atoms with van der Waals surface area (Å²) in [7, 11) is 0. The molecule has 3 fully saturated rings. The third-order valence-corrected chi connectivity index (χ3v) is 9.47. The summed E-state index contributed by atoms with van der Waals surface area (Å²) in [6.07, 6.45) is 0.414. The molecule has 0 bridgehead atoms. The van der Waals surface area contributed by atoms with E-state index in [0.717, 1.165) is 38.0 Å². The molecule has 2 saturated heterocycles. The third-order valence-electron chi connectivity index (χ3n) is 9.15. The maximum atomic E-state index is 14.1. The van der Waals surface area contributed by atoms with Crippen molar-refractivity contribution in [2.24, 2.45) is 5.41 Å². The SMILES string of the molecule is [C-]#[N+]CC1CN(c2nc(OCC3(CN4CCC4)CC3)nc3c2CCN(c2cccc(Cl)c2C(F)(F)F)C3)CCN1C(=O)C=C. The zero-order valence-corrected chi connectivity index (χ0v) is 25.2. The molecule has 1 unspecified atom stereocenters. The number of aromatic nitrogens is 2. The van der Waals surface area contributed by atoms with E-state index >= 15 is 0 Å². The van der Waals surface area contributed by atoms with Gasteiger partial charge < -0.3 is 29.2 Å². The van der Waals surface area contributed by atoms with Gasteiger partial charge in [0.05, 0.1) is 35.1 Å². The van der Waals surface area contributed by atoms with E-state index in [2.05, 4.69) is 21.2 Å². The van der Waals surface area contributed by atoms with Crippen LogP contribution in [0.3, 0.4) is 0 Å². The lowest BCUT2D eigenvalue weighted by molar-refractivity contribution is -0.137. The number of carbonyl (C=O) groups excluding carboxylic acids is 1. The van der Waals surface area contributed by atoms with Gasteiger partial charge >= 0.3 is 12.2 Å². The zero-order valence-electron chi connectivity index (χ0n) is 24.5. The Kier molecular flexibility index (Phi) is 8.37. The second-order valence-electron chi connectivity index (χ2n) is 12.2. The van der Waals surface area contributed by atoms with E-state index in [0.29, 0.717) is 50.7 Å². The molecule has 234 valence electrons. The van der Waals surface area contributed by atoms with Gasteiger partial charge in [0.1, 0.15) is 11.9 Å². The molecular formula is C31H35ClF3N7O2. The van der Waals surface area contributed by atoms with Gasteiger partial charge in [0.25, 0.3) is 0 Å². The van der Waals surface area contributed by atoms with Crippen molar-refractivity contribution in [3.05, 3.63) is 64.1 Å². The third kappa shape index (κ3) is 6.17. The first-order chi connectivity index (χ1) is 21.1. The molecule has 44 heavy (non-hydrogen) atoms. The van der Waals surface area contributed by atoms with Gasteiger partial charge in [-0.25, -0.2) is 6.57 Å². The lowest BCUT2D eigenvalue weighted by Crippen LogP contribution is -2.56. The molecule has 3 aliphatic heterocycles. The summed E-state index contributed by atoms with van der Waals surface area (Å²) in [5.74, 6) is 0.432. The van der Waals surface area contributed by atoms with E-state index in [4.69, 9.17) is 32.9 Å². The minimum Gasteiger partial charge on any atom is -0.463 e. The number of ether oxygens (including phenoxy) is 1. The summed E-state index contributed by atoms with van der Waals surface area (Å²) in [6.45, 7) is 16.5. The maximum Gasteiger partial charge on any atom is 0.419 e. The van der Waals surface area contributed by atoms with Crippen molar-refractivity contribution < 1.29 is 22.7 Å². The molecule has 0 spiro atoms. The second kappa shape index (κ2) is 12.1. The van der Waals surface area contributed by atoms with Gasteiger partial charge in [0.2, 0.25) is 12.5 Å². The number of rotatable bonds is 9. The van der Waals surface area contributed by atoms with Gasteiger partial charge in [0, 0.05) is 43.7 Å². The number of anilines is 2. The molecule has 9 nitrogen and oxygen atoms in total. The number of amides is 1. The van der Waals surface area contributed by atoms with Crippen LogP contribution in [0.15, 0.2) is 30.9 Å². The first kappa shape index (κ1) is 30.5. The monoisotopic (exact) mass is 629 g/mol. The molecule has 6 rings (SSSR count). The maximum absolute atomic E-state index is 14.1. The second-order valence-corrected chi connectivity index (χ2v) is 12.6. The standard InChI is InChI=1S/C31H35ClF3N7O2/c1-3-26(43)42-15-14-41(17-21(42)16-36-2)28-22-8-13-40(25-7-4-6-23(32)27(25)31(33,34)35)18-24(22)37-29(38-28)44-20-30(9-10-30)19-39-11-5-12-39/h3-4,6-7,21H,1,5,8-20H2. The summed E-state index contributed by atoms with van der Waals surface area (Å²) in [4.78, 5) is 33.5. The Balaban J connectivity index is 1.31. The van der Waals surface area contributed by atoms with Crippen LogP contribution in [0.5, 0.6) is 6.01 Å². The van der Waals surface area contributed by atoms with E-state index in [9.17, 15) is 18.0 Å². The van der Waals surface area contributed by atoms with Crippen LogP contribution in [0.25, 0.3) is 4.85 Å². The molecule has 1 aliphatic carbocycles. The summed E-state index contributed by atoms with van der Waals surface area (Å²) in [5.41, 5.74) is 0.672. The molecule has 1 saturated carbocycles. The highest BCUT2D eigenvalue weighted by molar-refractivity contribution is 6.31. The Hall–Kier alpha value is -3.56.